The molecule has 0 spiro atoms. The second kappa shape index (κ2) is 6.91. The largest absolute Gasteiger partial charge is 0.445 e. The molecule has 0 unspecified atom stereocenters. The molecule has 0 fully saturated rings. The van der Waals surface area contributed by atoms with Crippen LogP contribution in [0.5, 0.6) is 0 Å². The number of rotatable bonds is 5. The van der Waals surface area contributed by atoms with Gasteiger partial charge in [0.25, 0.3) is 0 Å². The van der Waals surface area contributed by atoms with Crippen LogP contribution in [0.1, 0.15) is 5.56 Å². The Kier molecular flexibility index (Phi) is 5.49. The first kappa shape index (κ1) is 13.5. The first-order chi connectivity index (χ1) is 8.09. The van der Waals surface area contributed by atoms with Crippen LogP contribution in [0.15, 0.2) is 30.3 Å². The van der Waals surface area contributed by atoms with Crippen molar-refractivity contribution in [2.45, 2.75) is 6.61 Å². The lowest BCUT2D eigenvalue weighted by Crippen LogP contribution is -2.33. The number of amides is 1. The maximum absolute atomic E-state index is 11.6. The van der Waals surface area contributed by atoms with E-state index in [1.165, 1.54) is 0 Å². The molecule has 1 aromatic rings. The summed E-state index contributed by atoms with van der Waals surface area (Å²) in [5.74, 6) is 0. The van der Waals surface area contributed by atoms with Crippen LogP contribution in [0.4, 0.5) is 4.79 Å². The number of benzene rings is 1. The molecule has 0 aliphatic carbocycles. The van der Waals surface area contributed by atoms with Crippen LogP contribution in [0.3, 0.4) is 0 Å². The summed E-state index contributed by atoms with van der Waals surface area (Å²) < 4.78 is 5.19. The van der Waals surface area contributed by atoms with E-state index in [-0.39, 0.29) is 6.09 Å². The molecule has 0 aliphatic heterocycles. The van der Waals surface area contributed by atoms with E-state index in [1.54, 1.807) is 11.9 Å². The zero-order valence-corrected chi connectivity index (χ0v) is 10.7. The Hall–Kier alpha value is -1.55. The molecule has 17 heavy (non-hydrogen) atoms. The van der Waals surface area contributed by atoms with Crippen LogP contribution < -0.4 is 0 Å². The van der Waals surface area contributed by atoms with Crippen LogP contribution >= 0.6 is 0 Å². The highest BCUT2D eigenvalue weighted by Crippen LogP contribution is 2.02. The first-order valence-corrected chi connectivity index (χ1v) is 5.66. The van der Waals surface area contributed by atoms with Gasteiger partial charge in [-0.25, -0.2) is 4.79 Å². The van der Waals surface area contributed by atoms with Crippen LogP contribution in [-0.2, 0) is 11.3 Å². The number of ether oxygens (including phenoxy) is 1. The van der Waals surface area contributed by atoms with Gasteiger partial charge in [-0.3, -0.25) is 0 Å². The minimum absolute atomic E-state index is 0.282. The quantitative estimate of drug-likeness (QED) is 0.781. The van der Waals surface area contributed by atoms with E-state index in [0.29, 0.717) is 13.2 Å². The van der Waals surface area contributed by atoms with Crippen molar-refractivity contribution in [3.05, 3.63) is 35.9 Å². The Labute approximate surface area is 103 Å². The van der Waals surface area contributed by atoms with Gasteiger partial charge in [-0.1, -0.05) is 30.3 Å². The van der Waals surface area contributed by atoms with Crippen LogP contribution in [0.25, 0.3) is 0 Å². The molecule has 0 aliphatic rings. The number of likely N-dealkylation sites (N-methyl/N-ethyl adjacent to an activating group) is 2. The highest BCUT2D eigenvalue weighted by Gasteiger charge is 2.09. The van der Waals surface area contributed by atoms with Gasteiger partial charge in [-0.15, -0.1) is 0 Å². The van der Waals surface area contributed by atoms with Gasteiger partial charge >= 0.3 is 6.09 Å². The van der Waals surface area contributed by atoms with E-state index < -0.39 is 0 Å². The number of nitrogens with zero attached hydrogens (tertiary/aromatic N) is 2. The smallest absolute Gasteiger partial charge is 0.409 e. The Balaban J connectivity index is 2.29. The molecule has 4 nitrogen and oxygen atoms in total. The highest BCUT2D eigenvalue weighted by atomic mass is 16.6. The molecule has 0 heterocycles. The topological polar surface area (TPSA) is 32.8 Å². The third kappa shape index (κ3) is 5.36. The summed E-state index contributed by atoms with van der Waals surface area (Å²) in [6.07, 6.45) is -0.282. The van der Waals surface area contributed by atoms with Crippen molar-refractivity contribution in [3.63, 3.8) is 0 Å². The Morgan fingerprint density at radius 2 is 1.76 bits per heavy atom. The van der Waals surface area contributed by atoms with Gasteiger partial charge in [-0.05, 0) is 19.7 Å². The number of hydrogen-bond acceptors (Lipinski definition) is 3. The van der Waals surface area contributed by atoms with Crippen LogP contribution in [0, 0.1) is 0 Å². The Morgan fingerprint density at radius 3 is 2.35 bits per heavy atom. The summed E-state index contributed by atoms with van der Waals surface area (Å²) in [5.41, 5.74) is 1.00. The predicted octanol–water partition coefficient (Wildman–Crippen LogP) is 1.82. The molecule has 0 atom stereocenters. The van der Waals surface area contributed by atoms with Gasteiger partial charge in [0.1, 0.15) is 6.61 Å². The van der Waals surface area contributed by atoms with Crippen molar-refractivity contribution in [3.8, 4) is 0 Å². The molecule has 0 saturated heterocycles. The van der Waals surface area contributed by atoms with Crippen molar-refractivity contribution in [2.75, 3.05) is 34.2 Å². The van der Waals surface area contributed by atoms with E-state index in [9.17, 15) is 4.79 Å². The van der Waals surface area contributed by atoms with Gasteiger partial charge in [-0.2, -0.15) is 0 Å². The average molecular weight is 236 g/mol. The first-order valence-electron chi connectivity index (χ1n) is 5.66. The lowest BCUT2D eigenvalue weighted by Gasteiger charge is -2.19. The van der Waals surface area contributed by atoms with Crippen molar-refractivity contribution < 1.29 is 9.53 Å². The molecule has 0 aromatic heterocycles. The summed E-state index contributed by atoms with van der Waals surface area (Å²) >= 11 is 0. The van der Waals surface area contributed by atoms with E-state index in [4.69, 9.17) is 4.74 Å². The fraction of sp³-hybridized carbons (Fsp3) is 0.462. The van der Waals surface area contributed by atoms with E-state index in [1.807, 2.05) is 49.3 Å². The normalized spacial score (nSPS) is 10.4. The van der Waals surface area contributed by atoms with Gasteiger partial charge in [0.15, 0.2) is 0 Å². The summed E-state index contributed by atoms with van der Waals surface area (Å²) in [6.45, 7) is 1.82. The molecule has 1 amide bonds. The molecular weight excluding hydrogens is 216 g/mol. The average Bonchev–Trinajstić information content (AvgIpc) is 2.34. The van der Waals surface area contributed by atoms with Crippen molar-refractivity contribution in [2.24, 2.45) is 0 Å². The van der Waals surface area contributed by atoms with Crippen molar-refractivity contribution in [1.29, 1.82) is 0 Å². The Bertz CT molecular complexity index is 339. The highest BCUT2D eigenvalue weighted by molar-refractivity contribution is 5.67. The third-order valence-corrected chi connectivity index (χ3v) is 2.40. The second-order valence-corrected chi connectivity index (χ2v) is 4.27. The zero-order valence-electron chi connectivity index (χ0n) is 10.7. The third-order valence-electron chi connectivity index (χ3n) is 2.40. The minimum Gasteiger partial charge on any atom is -0.445 e. The van der Waals surface area contributed by atoms with Gasteiger partial charge in [0, 0.05) is 20.1 Å². The molecule has 1 aromatic carbocycles. The van der Waals surface area contributed by atoms with E-state index in [2.05, 4.69) is 0 Å². The number of carbonyl (C=O) groups is 1. The summed E-state index contributed by atoms with van der Waals surface area (Å²) in [5, 5.41) is 0. The maximum Gasteiger partial charge on any atom is 0.409 e. The fourth-order valence-electron chi connectivity index (χ4n) is 1.27. The monoisotopic (exact) mass is 236 g/mol. The standard InChI is InChI=1S/C13H20N2O2/c1-14(2)9-10-15(3)13(16)17-11-12-7-5-4-6-8-12/h4-8H,9-11H2,1-3H3. The van der Waals surface area contributed by atoms with E-state index >= 15 is 0 Å². The molecule has 0 N–H and O–H groups in total. The van der Waals surface area contributed by atoms with Crippen molar-refractivity contribution >= 4 is 6.09 Å². The zero-order chi connectivity index (χ0) is 12.7. The lowest BCUT2D eigenvalue weighted by molar-refractivity contribution is 0.102. The molecule has 0 bridgehead atoms. The van der Waals surface area contributed by atoms with Gasteiger partial charge in [0.05, 0.1) is 0 Å². The van der Waals surface area contributed by atoms with Crippen LogP contribution in [0.2, 0.25) is 0 Å². The van der Waals surface area contributed by atoms with Crippen molar-refractivity contribution in [1.82, 2.24) is 9.80 Å². The summed E-state index contributed by atoms with van der Waals surface area (Å²) in [4.78, 5) is 15.2. The molecule has 94 valence electrons. The lowest BCUT2D eigenvalue weighted by atomic mass is 10.2. The molecular formula is C13H20N2O2. The van der Waals surface area contributed by atoms with E-state index in [0.717, 1.165) is 12.1 Å². The summed E-state index contributed by atoms with van der Waals surface area (Å²) in [6, 6.07) is 9.67. The predicted molar refractivity (Wildman–Crippen MR) is 67.8 cm³/mol. The number of carbonyl (C=O) groups excluding carboxylic acids is 1. The van der Waals surface area contributed by atoms with Crippen LogP contribution in [-0.4, -0.2) is 50.1 Å². The maximum atomic E-state index is 11.6. The minimum atomic E-state index is -0.282. The molecule has 0 radical (unpaired) electrons. The fourth-order valence-corrected chi connectivity index (χ4v) is 1.27. The summed E-state index contributed by atoms with van der Waals surface area (Å²) in [7, 11) is 5.70. The number of hydrogen-bond donors (Lipinski definition) is 0. The molecule has 4 heteroatoms. The second-order valence-electron chi connectivity index (χ2n) is 4.27. The molecule has 0 saturated carbocycles. The van der Waals surface area contributed by atoms with Gasteiger partial charge in [0.2, 0.25) is 0 Å². The SMILES string of the molecule is CN(C)CCN(C)C(=O)OCc1ccccc1. The molecule has 1 rings (SSSR count). The Morgan fingerprint density at radius 1 is 1.12 bits per heavy atom. The van der Waals surface area contributed by atoms with Gasteiger partial charge < -0.3 is 14.5 Å².